The number of para-hydroxylation sites is 1. The third kappa shape index (κ3) is 3.01. The number of aromatic nitrogens is 2. The number of carbonyl (C=O) groups excluding carboxylic acids is 2. The fourth-order valence-electron chi connectivity index (χ4n) is 3.26. The second-order valence-electron chi connectivity index (χ2n) is 6.46. The number of nitrogens with one attached hydrogen (secondary N) is 1. The zero-order valence-corrected chi connectivity index (χ0v) is 14.8. The van der Waals surface area contributed by atoms with E-state index >= 15 is 0 Å². The van der Waals surface area contributed by atoms with E-state index in [1.54, 1.807) is 18.0 Å². The topological polar surface area (TPSA) is 92.1 Å². The number of nitrogens with zero attached hydrogens (tertiary/aromatic N) is 2. The summed E-state index contributed by atoms with van der Waals surface area (Å²) in [6.45, 7) is 0.444. The van der Waals surface area contributed by atoms with Crippen molar-refractivity contribution in [2.45, 2.75) is 6.54 Å². The highest BCUT2D eigenvalue weighted by Gasteiger charge is 2.20. The number of rotatable bonds is 4. The largest absolute Gasteiger partial charge is 0.364 e. The number of hydrogen-bond donors (Lipinski definition) is 2. The second-order valence-corrected chi connectivity index (χ2v) is 6.46. The molecular weight excluding hydrogens is 340 g/mol. The molecule has 0 aliphatic rings. The number of carbonyl (C=O) groups is 2. The number of hydrogen-bond acceptors (Lipinski definition) is 3. The van der Waals surface area contributed by atoms with E-state index < -0.39 is 5.91 Å². The number of fused-ring (bicyclic) bond motifs is 3. The Morgan fingerprint density at radius 1 is 1.04 bits per heavy atom. The van der Waals surface area contributed by atoms with E-state index in [1.807, 2.05) is 54.6 Å². The van der Waals surface area contributed by atoms with Crippen molar-refractivity contribution in [3.63, 3.8) is 0 Å². The first-order valence-electron chi connectivity index (χ1n) is 8.55. The molecule has 2 amide bonds. The summed E-state index contributed by atoms with van der Waals surface area (Å²) in [6, 6.07) is 19.0. The molecule has 0 radical (unpaired) electrons. The third-order valence-corrected chi connectivity index (χ3v) is 4.56. The van der Waals surface area contributed by atoms with E-state index in [0.29, 0.717) is 12.1 Å². The maximum Gasteiger partial charge on any atom is 0.272 e. The number of pyridine rings is 1. The summed E-state index contributed by atoms with van der Waals surface area (Å²) in [7, 11) is 1.71. The van der Waals surface area contributed by atoms with Crippen LogP contribution in [0.1, 0.15) is 26.5 Å². The molecule has 0 bridgehead atoms. The van der Waals surface area contributed by atoms with Gasteiger partial charge in [-0.25, -0.2) is 4.98 Å². The lowest BCUT2D eigenvalue weighted by Gasteiger charge is -2.17. The van der Waals surface area contributed by atoms with Gasteiger partial charge in [-0.05, 0) is 17.7 Å². The van der Waals surface area contributed by atoms with Gasteiger partial charge in [-0.15, -0.1) is 0 Å². The maximum absolute atomic E-state index is 12.9. The highest BCUT2D eigenvalue weighted by atomic mass is 16.2. The molecule has 0 unspecified atom stereocenters. The molecule has 27 heavy (non-hydrogen) atoms. The van der Waals surface area contributed by atoms with Crippen LogP contribution in [0, 0.1) is 0 Å². The SMILES string of the molecule is CN(Cc1ccccc1)C(=O)c1cc2c([nH]c3ccccc32)c(C(N)=O)n1. The number of benzene rings is 2. The molecule has 4 aromatic rings. The number of primary amides is 1. The molecule has 6 nitrogen and oxygen atoms in total. The van der Waals surface area contributed by atoms with Crippen LogP contribution in [0.15, 0.2) is 60.7 Å². The van der Waals surface area contributed by atoms with Gasteiger partial charge in [0.25, 0.3) is 11.8 Å². The van der Waals surface area contributed by atoms with Crippen molar-refractivity contribution in [1.29, 1.82) is 0 Å². The first-order valence-corrected chi connectivity index (χ1v) is 8.55. The molecule has 2 aromatic heterocycles. The minimum atomic E-state index is -0.674. The van der Waals surface area contributed by atoms with E-state index in [-0.39, 0.29) is 17.3 Å². The van der Waals surface area contributed by atoms with Crippen LogP contribution in [0.5, 0.6) is 0 Å². The van der Waals surface area contributed by atoms with E-state index in [1.165, 1.54) is 0 Å². The smallest absolute Gasteiger partial charge is 0.272 e. The van der Waals surface area contributed by atoms with Crippen molar-refractivity contribution >= 4 is 33.6 Å². The predicted molar refractivity (Wildman–Crippen MR) is 104 cm³/mol. The van der Waals surface area contributed by atoms with Gasteiger partial charge in [0, 0.05) is 29.9 Å². The maximum atomic E-state index is 12.9. The summed E-state index contributed by atoms with van der Waals surface area (Å²) >= 11 is 0. The molecule has 4 rings (SSSR count). The predicted octanol–water partition coefficient (Wildman–Crippen LogP) is 3.09. The van der Waals surface area contributed by atoms with Crippen LogP contribution in [0.25, 0.3) is 21.8 Å². The van der Waals surface area contributed by atoms with Crippen LogP contribution in [0.4, 0.5) is 0 Å². The number of aromatic amines is 1. The average molecular weight is 358 g/mol. The highest BCUT2D eigenvalue weighted by Crippen LogP contribution is 2.28. The fraction of sp³-hybridized carbons (Fsp3) is 0.0952. The first-order chi connectivity index (χ1) is 13.0. The Bertz CT molecular complexity index is 1160. The van der Waals surface area contributed by atoms with Gasteiger partial charge in [0.05, 0.1) is 5.52 Å². The Hall–Kier alpha value is -3.67. The van der Waals surface area contributed by atoms with Gasteiger partial charge < -0.3 is 15.6 Å². The first kappa shape index (κ1) is 16.8. The molecule has 0 aliphatic heterocycles. The summed E-state index contributed by atoms with van der Waals surface area (Å²) in [5, 5.41) is 1.67. The van der Waals surface area contributed by atoms with Crippen LogP contribution >= 0.6 is 0 Å². The third-order valence-electron chi connectivity index (χ3n) is 4.56. The van der Waals surface area contributed by atoms with Crippen LogP contribution in [0.3, 0.4) is 0 Å². The molecule has 6 heteroatoms. The van der Waals surface area contributed by atoms with Crippen molar-refractivity contribution in [1.82, 2.24) is 14.9 Å². The zero-order chi connectivity index (χ0) is 19.0. The number of H-pyrrole nitrogens is 1. The number of amides is 2. The molecule has 0 spiro atoms. The van der Waals surface area contributed by atoms with E-state index in [0.717, 1.165) is 21.9 Å². The normalized spacial score (nSPS) is 11.0. The van der Waals surface area contributed by atoms with Crippen LogP contribution < -0.4 is 5.73 Å². The van der Waals surface area contributed by atoms with Crippen molar-refractivity contribution < 1.29 is 9.59 Å². The summed E-state index contributed by atoms with van der Waals surface area (Å²) in [5.41, 5.74) is 8.21. The second kappa shape index (κ2) is 6.57. The Labute approximate surface area is 155 Å². The summed E-state index contributed by atoms with van der Waals surface area (Å²) in [5.74, 6) is -0.944. The van der Waals surface area contributed by atoms with Gasteiger partial charge in [0.15, 0.2) is 5.69 Å². The zero-order valence-electron chi connectivity index (χ0n) is 14.8. The molecule has 2 aromatic carbocycles. The van der Waals surface area contributed by atoms with Crippen LogP contribution in [0.2, 0.25) is 0 Å². The summed E-state index contributed by atoms with van der Waals surface area (Å²) < 4.78 is 0. The van der Waals surface area contributed by atoms with Gasteiger partial charge in [-0.3, -0.25) is 9.59 Å². The summed E-state index contributed by atoms with van der Waals surface area (Å²) in [4.78, 5) is 33.9. The Morgan fingerprint density at radius 2 is 1.74 bits per heavy atom. The monoisotopic (exact) mass is 358 g/mol. The Morgan fingerprint density at radius 3 is 2.48 bits per heavy atom. The minimum Gasteiger partial charge on any atom is -0.364 e. The van der Waals surface area contributed by atoms with Gasteiger partial charge in [-0.1, -0.05) is 48.5 Å². The molecule has 3 N–H and O–H groups in total. The number of nitrogens with two attached hydrogens (primary N) is 1. The quantitative estimate of drug-likeness (QED) is 0.587. The molecule has 0 fully saturated rings. The standard InChI is InChI=1S/C21H18N4O2/c1-25(12-13-7-3-2-4-8-13)21(27)17-11-15-14-9-5-6-10-16(14)23-18(15)19(24-17)20(22)26/h2-11,23H,12H2,1H3,(H2,22,26). The van der Waals surface area contributed by atoms with Crippen LogP contribution in [-0.4, -0.2) is 33.7 Å². The fourth-order valence-corrected chi connectivity index (χ4v) is 3.26. The molecular formula is C21H18N4O2. The molecule has 134 valence electrons. The molecule has 0 saturated carbocycles. The van der Waals surface area contributed by atoms with E-state index in [4.69, 9.17) is 5.73 Å². The Balaban J connectivity index is 1.80. The minimum absolute atomic E-state index is 0.0696. The van der Waals surface area contributed by atoms with E-state index in [2.05, 4.69) is 9.97 Å². The molecule has 0 saturated heterocycles. The lowest BCUT2D eigenvalue weighted by molar-refractivity contribution is 0.0779. The van der Waals surface area contributed by atoms with Crippen molar-refractivity contribution in [2.75, 3.05) is 7.05 Å². The average Bonchev–Trinajstić information content (AvgIpc) is 3.06. The Kier molecular flexibility index (Phi) is 4.08. The summed E-state index contributed by atoms with van der Waals surface area (Å²) in [6.07, 6.45) is 0. The van der Waals surface area contributed by atoms with Crippen molar-refractivity contribution in [3.05, 3.63) is 77.6 Å². The van der Waals surface area contributed by atoms with Gasteiger partial charge in [0.1, 0.15) is 5.69 Å². The van der Waals surface area contributed by atoms with Gasteiger partial charge in [0.2, 0.25) is 0 Å². The van der Waals surface area contributed by atoms with Crippen molar-refractivity contribution in [3.8, 4) is 0 Å². The molecule has 2 heterocycles. The van der Waals surface area contributed by atoms with Crippen molar-refractivity contribution in [2.24, 2.45) is 5.73 Å². The molecule has 0 atom stereocenters. The highest BCUT2D eigenvalue weighted by molar-refractivity contribution is 6.15. The van der Waals surface area contributed by atoms with E-state index in [9.17, 15) is 9.59 Å². The van der Waals surface area contributed by atoms with Gasteiger partial charge in [-0.2, -0.15) is 0 Å². The lowest BCUT2D eigenvalue weighted by Crippen LogP contribution is -2.28. The molecule has 0 aliphatic carbocycles. The van der Waals surface area contributed by atoms with Gasteiger partial charge >= 0.3 is 0 Å². The van der Waals surface area contributed by atoms with Crippen LogP contribution in [-0.2, 0) is 6.54 Å². The lowest BCUT2D eigenvalue weighted by atomic mass is 10.1.